The van der Waals surface area contributed by atoms with Gasteiger partial charge in [-0.15, -0.1) is 0 Å². The average Bonchev–Trinajstić information content (AvgIpc) is 3.20. The topological polar surface area (TPSA) is 37.3 Å². The van der Waals surface area contributed by atoms with E-state index >= 15 is 0 Å². The first-order valence-electron chi connectivity index (χ1n) is 9.37. The van der Waals surface area contributed by atoms with E-state index in [1.165, 1.54) is 5.69 Å². The van der Waals surface area contributed by atoms with Crippen molar-refractivity contribution in [3.63, 3.8) is 0 Å². The van der Waals surface area contributed by atoms with Crippen LogP contribution in [0, 0.1) is 0 Å². The third-order valence-corrected chi connectivity index (χ3v) is 6.28. The molecule has 2 aliphatic rings. The number of fused-ring (bicyclic) bond motifs is 4. The zero-order valence-corrected chi connectivity index (χ0v) is 16.7. The molecule has 0 saturated carbocycles. The Morgan fingerprint density at radius 3 is 2.54 bits per heavy atom. The molecule has 6 heteroatoms. The fourth-order valence-electron chi connectivity index (χ4n) is 4.39. The number of carbonyl (C=O) groups is 1. The van der Waals surface area contributed by atoms with E-state index in [0.29, 0.717) is 23.7 Å². The van der Waals surface area contributed by atoms with E-state index in [1.54, 1.807) is 12.1 Å². The number of anilines is 1. The molecule has 5 rings (SSSR count). The van der Waals surface area contributed by atoms with Gasteiger partial charge in [-0.2, -0.15) is 0 Å². The van der Waals surface area contributed by atoms with Crippen LogP contribution in [0.25, 0.3) is 5.69 Å². The van der Waals surface area contributed by atoms with Crippen LogP contribution in [0.1, 0.15) is 28.9 Å². The van der Waals surface area contributed by atoms with Crippen LogP contribution in [0.3, 0.4) is 0 Å². The minimum absolute atomic E-state index is 0.0377. The van der Waals surface area contributed by atoms with E-state index in [-0.39, 0.29) is 11.4 Å². The van der Waals surface area contributed by atoms with Gasteiger partial charge in [0.05, 0.1) is 16.9 Å². The van der Waals surface area contributed by atoms with Gasteiger partial charge in [-0.25, -0.2) is 0 Å². The summed E-state index contributed by atoms with van der Waals surface area (Å²) in [4.78, 5) is 14.8. The molecule has 2 aromatic carbocycles. The fraction of sp³-hybridized carbons (Fsp3) is 0.227. The van der Waals surface area contributed by atoms with Gasteiger partial charge in [-0.1, -0.05) is 29.3 Å². The number of likely N-dealkylation sites (tertiary alicyclic amines) is 1. The molecular formula is C22H19Cl2N3O. The van der Waals surface area contributed by atoms with Crippen LogP contribution in [-0.4, -0.2) is 28.5 Å². The van der Waals surface area contributed by atoms with Gasteiger partial charge in [0.2, 0.25) is 0 Å². The maximum atomic E-state index is 12.9. The summed E-state index contributed by atoms with van der Waals surface area (Å²) in [7, 11) is 0. The normalized spacial score (nSPS) is 17.0. The van der Waals surface area contributed by atoms with Gasteiger partial charge in [0, 0.05) is 40.6 Å². The lowest BCUT2D eigenvalue weighted by atomic mass is 9.82. The summed E-state index contributed by atoms with van der Waals surface area (Å²) in [5.74, 6) is 0.0377. The van der Waals surface area contributed by atoms with Crippen LogP contribution in [0.4, 0.5) is 5.69 Å². The number of carbonyl (C=O) groups excluding carboxylic acids is 1. The highest BCUT2D eigenvalue weighted by atomic mass is 35.5. The standard InChI is InChI=1S/C22H19Cl2N3O/c23-16-4-1-3-15(13-16)21(28)26-11-8-22(9-12-26)20-5-2-10-27(20)19-14-17(24)6-7-18(19)25-22/h1-7,10,13-14,25H,8-9,11-12H2. The molecule has 0 radical (unpaired) electrons. The Morgan fingerprint density at radius 2 is 1.75 bits per heavy atom. The number of piperidine rings is 1. The van der Waals surface area contributed by atoms with Gasteiger partial charge >= 0.3 is 0 Å². The Kier molecular flexibility index (Phi) is 4.14. The van der Waals surface area contributed by atoms with Gasteiger partial charge in [0.25, 0.3) is 5.91 Å². The van der Waals surface area contributed by atoms with Crippen molar-refractivity contribution in [1.82, 2.24) is 9.47 Å². The van der Waals surface area contributed by atoms with Crippen LogP contribution in [0.15, 0.2) is 60.8 Å². The summed E-state index contributed by atoms with van der Waals surface area (Å²) in [6.45, 7) is 1.37. The lowest BCUT2D eigenvalue weighted by Crippen LogP contribution is -2.51. The molecule has 142 valence electrons. The van der Waals surface area contributed by atoms with E-state index in [1.807, 2.05) is 35.2 Å². The molecule has 1 amide bonds. The molecule has 1 fully saturated rings. The Balaban J connectivity index is 1.42. The van der Waals surface area contributed by atoms with Crippen molar-refractivity contribution in [2.45, 2.75) is 18.4 Å². The van der Waals surface area contributed by atoms with Crippen molar-refractivity contribution < 1.29 is 4.79 Å². The average molecular weight is 412 g/mol. The molecular weight excluding hydrogens is 393 g/mol. The number of amides is 1. The molecule has 4 nitrogen and oxygen atoms in total. The minimum atomic E-state index is -0.185. The molecule has 0 unspecified atom stereocenters. The number of nitrogens with zero attached hydrogens (tertiary/aromatic N) is 2. The van der Waals surface area contributed by atoms with Crippen molar-refractivity contribution in [3.05, 3.63) is 82.1 Å². The van der Waals surface area contributed by atoms with Crippen LogP contribution in [-0.2, 0) is 5.54 Å². The van der Waals surface area contributed by atoms with Crippen LogP contribution < -0.4 is 5.32 Å². The minimum Gasteiger partial charge on any atom is -0.372 e. The van der Waals surface area contributed by atoms with Crippen molar-refractivity contribution in [2.75, 3.05) is 18.4 Å². The summed E-state index contributed by atoms with van der Waals surface area (Å²) in [6.07, 6.45) is 3.76. The molecule has 3 heterocycles. The molecule has 1 spiro atoms. The second kappa shape index (κ2) is 6.57. The summed E-state index contributed by atoms with van der Waals surface area (Å²) in [5, 5.41) is 5.06. The first-order chi connectivity index (χ1) is 13.6. The number of rotatable bonds is 1. The number of hydrogen-bond donors (Lipinski definition) is 1. The highest BCUT2D eigenvalue weighted by Crippen LogP contribution is 2.44. The Labute approximate surface area is 173 Å². The summed E-state index contributed by atoms with van der Waals surface area (Å²) in [6, 6.07) is 17.3. The largest absolute Gasteiger partial charge is 0.372 e. The molecule has 0 atom stereocenters. The molecule has 1 N–H and O–H groups in total. The Morgan fingerprint density at radius 1 is 0.964 bits per heavy atom. The van der Waals surface area contributed by atoms with Gasteiger partial charge < -0.3 is 14.8 Å². The quantitative estimate of drug-likeness (QED) is 0.586. The first kappa shape index (κ1) is 17.7. The van der Waals surface area contributed by atoms with E-state index in [9.17, 15) is 4.79 Å². The Bertz CT molecular complexity index is 1070. The van der Waals surface area contributed by atoms with E-state index in [2.05, 4.69) is 28.2 Å². The Hall–Kier alpha value is -2.43. The number of halogens is 2. The van der Waals surface area contributed by atoms with Crippen molar-refractivity contribution in [3.8, 4) is 5.69 Å². The molecule has 0 bridgehead atoms. The zero-order valence-electron chi connectivity index (χ0n) is 15.2. The van der Waals surface area contributed by atoms with Gasteiger partial charge in [0.1, 0.15) is 0 Å². The molecule has 3 aromatic rings. The lowest BCUT2D eigenvalue weighted by Gasteiger charge is -2.46. The van der Waals surface area contributed by atoms with Crippen LogP contribution in [0.2, 0.25) is 10.0 Å². The summed E-state index contributed by atoms with van der Waals surface area (Å²) < 4.78 is 2.21. The third kappa shape index (κ3) is 2.79. The first-order valence-corrected chi connectivity index (χ1v) is 10.1. The fourth-order valence-corrected chi connectivity index (χ4v) is 4.75. The lowest BCUT2D eigenvalue weighted by molar-refractivity contribution is 0.0676. The van der Waals surface area contributed by atoms with Gasteiger partial charge in [-0.05, 0) is 61.4 Å². The van der Waals surface area contributed by atoms with Crippen molar-refractivity contribution >= 4 is 34.8 Å². The predicted octanol–water partition coefficient (Wildman–Crippen LogP) is 5.34. The summed E-state index contributed by atoms with van der Waals surface area (Å²) >= 11 is 12.3. The highest BCUT2D eigenvalue weighted by Gasteiger charge is 2.42. The van der Waals surface area contributed by atoms with Crippen molar-refractivity contribution in [2.24, 2.45) is 0 Å². The van der Waals surface area contributed by atoms with Crippen LogP contribution in [0.5, 0.6) is 0 Å². The third-order valence-electron chi connectivity index (χ3n) is 5.81. The molecule has 0 aliphatic carbocycles. The number of benzene rings is 2. The van der Waals surface area contributed by atoms with E-state index in [4.69, 9.17) is 23.2 Å². The smallest absolute Gasteiger partial charge is 0.253 e. The monoisotopic (exact) mass is 411 g/mol. The maximum absolute atomic E-state index is 12.9. The SMILES string of the molecule is O=C(c1cccc(Cl)c1)N1CCC2(CC1)Nc1ccc(Cl)cc1-n1cccc12. The number of hydrogen-bond acceptors (Lipinski definition) is 2. The molecule has 1 saturated heterocycles. The van der Waals surface area contributed by atoms with Gasteiger partial charge in [0.15, 0.2) is 0 Å². The van der Waals surface area contributed by atoms with Crippen LogP contribution >= 0.6 is 23.2 Å². The zero-order chi connectivity index (χ0) is 19.3. The van der Waals surface area contributed by atoms with E-state index in [0.717, 1.165) is 29.2 Å². The molecule has 2 aliphatic heterocycles. The number of nitrogens with one attached hydrogen (secondary N) is 1. The van der Waals surface area contributed by atoms with Crippen molar-refractivity contribution in [1.29, 1.82) is 0 Å². The number of aromatic nitrogens is 1. The highest BCUT2D eigenvalue weighted by molar-refractivity contribution is 6.31. The van der Waals surface area contributed by atoms with E-state index < -0.39 is 0 Å². The second-order valence-electron chi connectivity index (χ2n) is 7.43. The second-order valence-corrected chi connectivity index (χ2v) is 8.31. The summed E-state index contributed by atoms with van der Waals surface area (Å²) in [5.41, 5.74) is 3.81. The predicted molar refractivity (Wildman–Crippen MR) is 113 cm³/mol. The maximum Gasteiger partial charge on any atom is 0.253 e. The molecule has 28 heavy (non-hydrogen) atoms. The van der Waals surface area contributed by atoms with Gasteiger partial charge in [-0.3, -0.25) is 4.79 Å². The molecule has 1 aromatic heterocycles.